The van der Waals surface area contributed by atoms with Gasteiger partial charge < -0.3 is 24.2 Å². The van der Waals surface area contributed by atoms with Gasteiger partial charge in [0.1, 0.15) is 0 Å². The number of nitrogens with zero attached hydrogens (tertiary/aromatic N) is 3. The molecule has 2 aliphatic carbocycles. The number of rotatable bonds is 3. The van der Waals surface area contributed by atoms with Crippen molar-refractivity contribution in [2.24, 2.45) is 11.8 Å². The Kier molecular flexibility index (Phi) is 5.38. The van der Waals surface area contributed by atoms with Crippen molar-refractivity contribution < 1.29 is 24.0 Å². The van der Waals surface area contributed by atoms with E-state index >= 15 is 0 Å². The molecular formula is C29H40BN3O5. The van der Waals surface area contributed by atoms with Crippen LogP contribution in [0.3, 0.4) is 0 Å². The number of amides is 2. The summed E-state index contributed by atoms with van der Waals surface area (Å²) in [4.78, 5) is 32.1. The van der Waals surface area contributed by atoms with E-state index in [1.807, 2.05) is 6.07 Å². The fourth-order valence-corrected chi connectivity index (χ4v) is 7.82. The fraction of sp³-hybridized carbons (Fsp3) is 0.724. The van der Waals surface area contributed by atoms with Gasteiger partial charge >= 0.3 is 13.2 Å². The molecule has 5 fully saturated rings. The highest BCUT2D eigenvalue weighted by Gasteiger charge is 2.57. The number of benzene rings is 1. The first-order valence-electron chi connectivity index (χ1n) is 14.5. The van der Waals surface area contributed by atoms with Crippen LogP contribution in [0.2, 0.25) is 0 Å². The van der Waals surface area contributed by atoms with Crippen molar-refractivity contribution in [3.63, 3.8) is 0 Å². The van der Waals surface area contributed by atoms with Crippen molar-refractivity contribution in [3.05, 3.63) is 23.8 Å². The molecule has 1 spiro atoms. The molecule has 4 heterocycles. The van der Waals surface area contributed by atoms with E-state index in [2.05, 4.69) is 49.6 Å². The minimum absolute atomic E-state index is 0.161. The molecule has 2 saturated carbocycles. The number of carboxylic acid groups (broad SMARTS) is 1. The van der Waals surface area contributed by atoms with Crippen LogP contribution in [-0.4, -0.2) is 83.5 Å². The van der Waals surface area contributed by atoms with Crippen LogP contribution in [0, 0.1) is 11.8 Å². The number of piperidine rings is 1. The summed E-state index contributed by atoms with van der Waals surface area (Å²) < 4.78 is 12.7. The van der Waals surface area contributed by atoms with Crippen molar-refractivity contribution in [1.29, 1.82) is 0 Å². The fourth-order valence-electron chi connectivity index (χ4n) is 7.82. The van der Waals surface area contributed by atoms with E-state index in [9.17, 15) is 14.7 Å². The van der Waals surface area contributed by atoms with Crippen LogP contribution >= 0.6 is 0 Å². The quantitative estimate of drug-likeness (QED) is 0.616. The molecule has 2 amide bonds. The number of carbonyl (C=O) groups excluding carboxylic acids is 1. The summed E-state index contributed by atoms with van der Waals surface area (Å²) in [6.45, 7) is 11.5. The van der Waals surface area contributed by atoms with Gasteiger partial charge in [-0.25, -0.2) is 4.79 Å². The summed E-state index contributed by atoms with van der Waals surface area (Å²) >= 11 is 0. The maximum absolute atomic E-state index is 14.3. The largest absolute Gasteiger partial charge is 0.494 e. The third-order valence-electron chi connectivity index (χ3n) is 11.3. The molecule has 2 atom stereocenters. The second-order valence-electron chi connectivity index (χ2n) is 13.7. The van der Waals surface area contributed by atoms with Crippen LogP contribution in [0.5, 0.6) is 0 Å². The number of hydrogen-bond donors (Lipinski definition) is 1. The lowest BCUT2D eigenvalue weighted by atomic mass is 9.72. The van der Waals surface area contributed by atoms with E-state index in [0.717, 1.165) is 41.4 Å². The highest BCUT2D eigenvalue weighted by Crippen LogP contribution is 2.52. The van der Waals surface area contributed by atoms with E-state index in [-0.39, 0.29) is 11.9 Å². The van der Waals surface area contributed by atoms with Gasteiger partial charge in [-0.3, -0.25) is 9.69 Å². The zero-order valence-electron chi connectivity index (χ0n) is 23.1. The van der Waals surface area contributed by atoms with Crippen LogP contribution in [0.25, 0.3) is 0 Å². The van der Waals surface area contributed by atoms with Gasteiger partial charge in [-0.05, 0) is 95.1 Å². The third kappa shape index (κ3) is 3.47. The predicted molar refractivity (Wildman–Crippen MR) is 145 cm³/mol. The predicted octanol–water partition coefficient (Wildman–Crippen LogP) is 3.22. The lowest BCUT2D eigenvalue weighted by Gasteiger charge is -2.46. The van der Waals surface area contributed by atoms with Gasteiger partial charge in [-0.2, -0.15) is 0 Å². The van der Waals surface area contributed by atoms with Crippen molar-refractivity contribution in [2.45, 2.75) is 94.9 Å². The first-order chi connectivity index (χ1) is 18.0. The standard InChI is InChI=1S/C29H40BN3O5/c1-27(2)28(3,4)38-30(37-27)20-7-8-23-24(13-20)33(25(34)29(23)9-11-31(12-10-29)26(35)36)22-14-21(15-22)32-16-18-5-6-19(18)17-32/h7-8,13,18-19,21-22H,5-6,9-12,14-17H2,1-4H3,(H,35,36)/t18-,19+,21?,22?. The first-order valence-corrected chi connectivity index (χ1v) is 14.5. The Bertz CT molecular complexity index is 1140. The molecule has 7 rings (SSSR count). The lowest BCUT2D eigenvalue weighted by molar-refractivity contribution is -0.125. The molecule has 3 saturated heterocycles. The van der Waals surface area contributed by atoms with Crippen molar-refractivity contribution >= 4 is 30.3 Å². The second kappa shape index (κ2) is 8.21. The smallest absolute Gasteiger partial charge is 0.465 e. The van der Waals surface area contributed by atoms with Gasteiger partial charge in [0, 0.05) is 44.0 Å². The van der Waals surface area contributed by atoms with Crippen LogP contribution in [0.4, 0.5) is 10.5 Å². The van der Waals surface area contributed by atoms with Crippen molar-refractivity contribution in [3.8, 4) is 0 Å². The summed E-state index contributed by atoms with van der Waals surface area (Å²) in [5, 5.41) is 9.53. The molecule has 9 heteroatoms. The van der Waals surface area contributed by atoms with Crippen molar-refractivity contribution in [2.75, 3.05) is 31.1 Å². The normalized spacial score (nSPS) is 34.7. The molecular weight excluding hydrogens is 481 g/mol. The molecule has 8 nitrogen and oxygen atoms in total. The van der Waals surface area contributed by atoms with E-state index in [1.54, 1.807) is 0 Å². The Balaban J connectivity index is 1.18. The van der Waals surface area contributed by atoms with Gasteiger partial charge in [0.2, 0.25) is 5.91 Å². The molecule has 4 aliphatic heterocycles. The van der Waals surface area contributed by atoms with Gasteiger partial charge in [-0.1, -0.05) is 12.1 Å². The molecule has 1 N–H and O–H groups in total. The summed E-state index contributed by atoms with van der Waals surface area (Å²) in [5.41, 5.74) is 1.45. The van der Waals surface area contributed by atoms with Gasteiger partial charge in [0.25, 0.3) is 0 Å². The molecule has 1 aromatic carbocycles. The topological polar surface area (TPSA) is 82.6 Å². The highest BCUT2D eigenvalue weighted by molar-refractivity contribution is 6.62. The van der Waals surface area contributed by atoms with Crippen molar-refractivity contribution in [1.82, 2.24) is 9.80 Å². The summed E-state index contributed by atoms with van der Waals surface area (Å²) in [6.07, 6.45) is 4.96. The Morgan fingerprint density at radius 3 is 2.13 bits per heavy atom. The maximum Gasteiger partial charge on any atom is 0.494 e. The van der Waals surface area contributed by atoms with E-state index in [4.69, 9.17) is 9.31 Å². The van der Waals surface area contributed by atoms with E-state index < -0.39 is 29.8 Å². The monoisotopic (exact) mass is 521 g/mol. The third-order valence-corrected chi connectivity index (χ3v) is 11.3. The number of anilines is 1. The van der Waals surface area contributed by atoms with Crippen LogP contribution < -0.4 is 10.4 Å². The number of fused-ring (bicyclic) bond motifs is 3. The number of likely N-dealkylation sites (tertiary alicyclic amines) is 2. The summed E-state index contributed by atoms with van der Waals surface area (Å²) in [5.74, 6) is 1.95. The minimum Gasteiger partial charge on any atom is -0.465 e. The summed E-state index contributed by atoms with van der Waals surface area (Å²) in [6, 6.07) is 7.02. The van der Waals surface area contributed by atoms with E-state index in [0.29, 0.717) is 32.0 Å². The Labute approximate surface area is 225 Å². The first kappa shape index (κ1) is 24.9. The average Bonchev–Trinajstić information content (AvgIpc) is 3.33. The SMILES string of the molecule is CC1(C)OB(c2ccc3c(c2)N(C2CC(N4C[C@H]5CC[C@H]5C4)C2)C(=O)C32CCN(C(=O)O)CC2)OC1(C)C. The van der Waals surface area contributed by atoms with Crippen LogP contribution in [-0.2, 0) is 19.5 Å². The maximum atomic E-state index is 14.3. The van der Waals surface area contributed by atoms with Crippen LogP contribution in [0.1, 0.15) is 71.8 Å². The molecule has 6 aliphatic rings. The number of hydrogen-bond acceptors (Lipinski definition) is 5. The minimum atomic E-state index is -0.903. The molecule has 204 valence electrons. The molecule has 0 bridgehead atoms. The Morgan fingerprint density at radius 2 is 1.58 bits per heavy atom. The summed E-state index contributed by atoms with van der Waals surface area (Å²) in [7, 11) is -0.484. The molecule has 0 unspecified atom stereocenters. The van der Waals surface area contributed by atoms with Gasteiger partial charge in [0.05, 0.1) is 16.6 Å². The zero-order chi connectivity index (χ0) is 26.6. The van der Waals surface area contributed by atoms with E-state index in [1.165, 1.54) is 30.8 Å². The van der Waals surface area contributed by atoms with Crippen LogP contribution in [0.15, 0.2) is 18.2 Å². The zero-order valence-corrected chi connectivity index (χ0v) is 23.1. The van der Waals surface area contributed by atoms with Gasteiger partial charge in [0.15, 0.2) is 0 Å². The molecule has 1 aromatic rings. The molecule has 0 aromatic heterocycles. The average molecular weight is 521 g/mol. The van der Waals surface area contributed by atoms with Gasteiger partial charge in [-0.15, -0.1) is 0 Å². The molecule has 38 heavy (non-hydrogen) atoms. The Morgan fingerprint density at radius 1 is 0.974 bits per heavy atom. The second-order valence-corrected chi connectivity index (χ2v) is 13.7. The highest BCUT2D eigenvalue weighted by atomic mass is 16.7. The Hall–Kier alpha value is -2.10. The number of carbonyl (C=O) groups is 2. The lowest BCUT2D eigenvalue weighted by Crippen LogP contribution is -2.57. The molecule has 0 radical (unpaired) electrons.